The number of pyridine rings is 1. The molecule has 0 fully saturated rings. The molecule has 16 heavy (non-hydrogen) atoms. The molecular formula is C12H14N2O2. The lowest BCUT2D eigenvalue weighted by atomic mass is 10.1. The van der Waals surface area contributed by atoms with Crippen LogP contribution in [0.2, 0.25) is 0 Å². The molecule has 0 unspecified atom stereocenters. The predicted octanol–water partition coefficient (Wildman–Crippen LogP) is 2.22. The van der Waals surface area contributed by atoms with Gasteiger partial charge in [-0.2, -0.15) is 0 Å². The highest BCUT2D eigenvalue weighted by atomic mass is 16.4. The summed E-state index contributed by atoms with van der Waals surface area (Å²) < 4.78 is 0. The molecule has 0 saturated heterocycles. The third kappa shape index (κ3) is 2.21. The molecule has 4 nitrogen and oxygen atoms in total. The monoisotopic (exact) mass is 218 g/mol. The highest BCUT2D eigenvalue weighted by Gasteiger charge is 2.15. The molecule has 1 aromatic heterocycles. The molecule has 1 heterocycles. The molecule has 0 atom stereocenters. The first-order valence-corrected chi connectivity index (χ1v) is 5.28. The molecule has 0 bridgehead atoms. The van der Waals surface area contributed by atoms with Gasteiger partial charge in [0.1, 0.15) is 5.56 Å². The Labute approximate surface area is 94.0 Å². The van der Waals surface area contributed by atoms with Crippen molar-refractivity contribution in [3.05, 3.63) is 35.7 Å². The lowest BCUT2D eigenvalue weighted by Gasteiger charge is -2.15. The minimum absolute atomic E-state index is 0.234. The summed E-state index contributed by atoms with van der Waals surface area (Å²) in [7, 11) is 0. The van der Waals surface area contributed by atoms with E-state index in [0.29, 0.717) is 11.7 Å². The number of carboxylic acid groups (broad SMARTS) is 1. The van der Waals surface area contributed by atoms with E-state index >= 15 is 0 Å². The van der Waals surface area contributed by atoms with E-state index in [9.17, 15) is 4.79 Å². The van der Waals surface area contributed by atoms with Gasteiger partial charge in [-0.1, -0.05) is 12.2 Å². The number of aromatic nitrogens is 1. The van der Waals surface area contributed by atoms with Crippen LogP contribution in [-0.2, 0) is 0 Å². The molecule has 0 aromatic carbocycles. The van der Waals surface area contributed by atoms with Gasteiger partial charge in [0.25, 0.3) is 0 Å². The van der Waals surface area contributed by atoms with Crippen molar-refractivity contribution in [2.75, 3.05) is 5.32 Å². The molecule has 1 aromatic rings. The maximum Gasteiger partial charge on any atom is 0.339 e. The zero-order valence-electron chi connectivity index (χ0n) is 9.10. The van der Waals surface area contributed by atoms with E-state index in [1.807, 2.05) is 6.92 Å². The minimum Gasteiger partial charge on any atom is -0.478 e. The predicted molar refractivity (Wildman–Crippen MR) is 61.7 cm³/mol. The van der Waals surface area contributed by atoms with Crippen LogP contribution in [0, 0.1) is 6.92 Å². The van der Waals surface area contributed by atoms with Gasteiger partial charge in [0.05, 0.1) is 5.69 Å². The highest BCUT2D eigenvalue weighted by Crippen LogP contribution is 2.21. The van der Waals surface area contributed by atoms with E-state index in [0.717, 1.165) is 18.5 Å². The summed E-state index contributed by atoms with van der Waals surface area (Å²) in [5, 5.41) is 12.3. The van der Waals surface area contributed by atoms with Gasteiger partial charge >= 0.3 is 5.97 Å². The van der Waals surface area contributed by atoms with E-state index in [4.69, 9.17) is 5.11 Å². The zero-order chi connectivity index (χ0) is 11.5. The van der Waals surface area contributed by atoms with Crippen LogP contribution in [0.3, 0.4) is 0 Å². The van der Waals surface area contributed by atoms with E-state index in [1.165, 1.54) is 6.20 Å². The molecular weight excluding hydrogens is 204 g/mol. The van der Waals surface area contributed by atoms with Gasteiger partial charge in [-0.05, 0) is 25.8 Å². The van der Waals surface area contributed by atoms with Gasteiger partial charge in [0.2, 0.25) is 0 Å². The number of rotatable bonds is 3. The van der Waals surface area contributed by atoms with Crippen LogP contribution in [0.25, 0.3) is 0 Å². The van der Waals surface area contributed by atoms with E-state index < -0.39 is 5.97 Å². The van der Waals surface area contributed by atoms with Gasteiger partial charge in [0, 0.05) is 17.9 Å². The molecule has 0 saturated carbocycles. The summed E-state index contributed by atoms with van der Waals surface area (Å²) in [6, 6.07) is 2.08. The summed E-state index contributed by atoms with van der Waals surface area (Å²) in [5.74, 6) is -0.944. The van der Waals surface area contributed by atoms with Crippen LogP contribution < -0.4 is 5.32 Å². The molecule has 1 aliphatic rings. The number of carbonyl (C=O) groups is 1. The summed E-state index contributed by atoms with van der Waals surface area (Å²) >= 11 is 0. The molecule has 2 N–H and O–H groups in total. The summed E-state index contributed by atoms with van der Waals surface area (Å²) in [6.45, 7) is 1.85. The molecule has 1 aliphatic carbocycles. The Morgan fingerprint density at radius 3 is 2.81 bits per heavy atom. The second kappa shape index (κ2) is 4.35. The van der Waals surface area contributed by atoms with Crippen molar-refractivity contribution < 1.29 is 9.90 Å². The van der Waals surface area contributed by atoms with Crippen molar-refractivity contribution in [3.63, 3.8) is 0 Å². The minimum atomic E-state index is -0.944. The van der Waals surface area contributed by atoms with Gasteiger partial charge in [-0.3, -0.25) is 4.98 Å². The van der Waals surface area contributed by atoms with Crippen LogP contribution in [-0.4, -0.2) is 22.1 Å². The maximum atomic E-state index is 11.0. The smallest absolute Gasteiger partial charge is 0.339 e. The topological polar surface area (TPSA) is 62.2 Å². The number of carboxylic acids is 1. The number of hydrogen-bond donors (Lipinski definition) is 2. The largest absolute Gasteiger partial charge is 0.478 e. The van der Waals surface area contributed by atoms with Gasteiger partial charge < -0.3 is 10.4 Å². The standard InChI is InChI=1S/C12H14N2O2/c1-8-6-11(10(7-13-8)12(15)16)14-9-4-2-3-5-9/h2-3,6-7,9H,4-5H2,1H3,(H,13,14)(H,15,16). The third-order valence-electron chi connectivity index (χ3n) is 2.64. The second-order valence-corrected chi connectivity index (χ2v) is 3.96. The summed E-state index contributed by atoms with van der Waals surface area (Å²) in [6.07, 6.45) is 7.50. The molecule has 0 amide bonds. The number of nitrogens with one attached hydrogen (secondary N) is 1. The second-order valence-electron chi connectivity index (χ2n) is 3.96. The fraction of sp³-hybridized carbons (Fsp3) is 0.333. The molecule has 4 heteroatoms. The van der Waals surface area contributed by atoms with Gasteiger partial charge in [-0.25, -0.2) is 4.79 Å². The maximum absolute atomic E-state index is 11.0. The van der Waals surface area contributed by atoms with Crippen LogP contribution >= 0.6 is 0 Å². The Kier molecular flexibility index (Phi) is 2.90. The Bertz CT molecular complexity index is 433. The quantitative estimate of drug-likeness (QED) is 0.763. The van der Waals surface area contributed by atoms with Gasteiger partial charge in [0.15, 0.2) is 0 Å². The molecule has 84 valence electrons. The first-order chi connectivity index (χ1) is 7.66. The Morgan fingerprint density at radius 1 is 1.50 bits per heavy atom. The van der Waals surface area contributed by atoms with E-state index in [2.05, 4.69) is 22.5 Å². The van der Waals surface area contributed by atoms with E-state index in [1.54, 1.807) is 6.07 Å². The SMILES string of the molecule is Cc1cc(NC2CC=CC2)c(C(=O)O)cn1. The summed E-state index contributed by atoms with van der Waals surface area (Å²) in [5.41, 5.74) is 1.71. The fourth-order valence-electron chi connectivity index (χ4n) is 1.80. The van der Waals surface area contributed by atoms with Crippen LogP contribution in [0.15, 0.2) is 24.4 Å². The number of anilines is 1. The van der Waals surface area contributed by atoms with Crippen molar-refractivity contribution in [2.24, 2.45) is 0 Å². The Balaban J connectivity index is 2.23. The van der Waals surface area contributed by atoms with E-state index in [-0.39, 0.29) is 5.56 Å². The Morgan fingerprint density at radius 2 is 2.19 bits per heavy atom. The lowest BCUT2D eigenvalue weighted by Crippen LogP contribution is -2.17. The first-order valence-electron chi connectivity index (χ1n) is 5.28. The number of aryl methyl sites for hydroxylation is 1. The van der Waals surface area contributed by atoms with Crippen molar-refractivity contribution >= 4 is 11.7 Å². The highest BCUT2D eigenvalue weighted by molar-refractivity contribution is 5.93. The number of aromatic carboxylic acids is 1. The zero-order valence-corrected chi connectivity index (χ0v) is 9.10. The average molecular weight is 218 g/mol. The first kappa shape index (κ1) is 10.7. The normalized spacial score (nSPS) is 15.3. The van der Waals surface area contributed by atoms with Crippen molar-refractivity contribution in [1.29, 1.82) is 0 Å². The third-order valence-corrected chi connectivity index (χ3v) is 2.64. The molecule has 2 rings (SSSR count). The van der Waals surface area contributed by atoms with Crippen LogP contribution in [0.5, 0.6) is 0 Å². The molecule has 0 radical (unpaired) electrons. The van der Waals surface area contributed by atoms with Crippen molar-refractivity contribution in [1.82, 2.24) is 4.98 Å². The average Bonchev–Trinajstić information content (AvgIpc) is 2.70. The molecule has 0 aliphatic heterocycles. The van der Waals surface area contributed by atoms with Crippen molar-refractivity contribution in [3.8, 4) is 0 Å². The lowest BCUT2D eigenvalue weighted by molar-refractivity contribution is 0.0697. The van der Waals surface area contributed by atoms with Crippen molar-refractivity contribution in [2.45, 2.75) is 25.8 Å². The van der Waals surface area contributed by atoms with Crippen LogP contribution in [0.4, 0.5) is 5.69 Å². The van der Waals surface area contributed by atoms with Gasteiger partial charge in [-0.15, -0.1) is 0 Å². The summed E-state index contributed by atoms with van der Waals surface area (Å²) in [4.78, 5) is 15.0. The fourth-order valence-corrected chi connectivity index (χ4v) is 1.80. The Hall–Kier alpha value is -1.84. The van der Waals surface area contributed by atoms with Crippen LogP contribution in [0.1, 0.15) is 28.9 Å². The number of nitrogens with zero attached hydrogens (tertiary/aromatic N) is 1. The number of hydrogen-bond acceptors (Lipinski definition) is 3. The molecule has 0 spiro atoms.